The summed E-state index contributed by atoms with van der Waals surface area (Å²) in [7, 11) is 1.88. The Morgan fingerprint density at radius 3 is 2.33 bits per heavy atom. The van der Waals surface area contributed by atoms with Gasteiger partial charge in [0.2, 0.25) is 0 Å². The van der Waals surface area contributed by atoms with Gasteiger partial charge in [0.15, 0.2) is 0 Å². The Morgan fingerprint density at radius 1 is 1.00 bits per heavy atom. The second-order valence-electron chi connectivity index (χ2n) is 6.52. The minimum Gasteiger partial charge on any atom is -0.382 e. The Morgan fingerprint density at radius 2 is 1.67 bits per heavy atom. The van der Waals surface area contributed by atoms with Crippen molar-refractivity contribution >= 4 is 5.57 Å². The minimum absolute atomic E-state index is 0.202. The van der Waals surface area contributed by atoms with Crippen LogP contribution in [0.1, 0.15) is 28.8 Å². The van der Waals surface area contributed by atoms with E-state index in [0.29, 0.717) is 0 Å². The zero-order valence-electron chi connectivity index (χ0n) is 14.9. The quantitative estimate of drug-likeness (QED) is 0.741. The van der Waals surface area contributed by atoms with Gasteiger partial charge >= 0.3 is 0 Å². The van der Waals surface area contributed by atoms with E-state index in [1.165, 1.54) is 12.1 Å². The fraction of sp³-hybridized carbons (Fsp3) is 0.136. The molecule has 3 aromatic rings. The highest BCUT2D eigenvalue weighted by atomic mass is 19.1. The molecule has 4 nitrogen and oxygen atoms in total. The third-order valence-electron chi connectivity index (χ3n) is 4.82. The number of hydrogen-bond donors (Lipinski definition) is 2. The Bertz CT molecular complexity index is 942. The number of rotatable bonds is 4. The Balaban J connectivity index is 1.86. The van der Waals surface area contributed by atoms with Crippen molar-refractivity contribution in [3.8, 4) is 0 Å². The van der Waals surface area contributed by atoms with Crippen LogP contribution in [0.15, 0.2) is 84.8 Å². The van der Waals surface area contributed by atoms with Gasteiger partial charge in [-0.05, 0) is 41.0 Å². The first-order chi connectivity index (χ1) is 13.1. The van der Waals surface area contributed by atoms with E-state index in [4.69, 9.17) is 0 Å². The molecule has 136 valence electrons. The van der Waals surface area contributed by atoms with Crippen LogP contribution in [0.2, 0.25) is 0 Å². The molecule has 0 saturated carbocycles. The smallest absolute Gasteiger partial charge is 0.123 e. The monoisotopic (exact) mass is 361 g/mol. The number of hydrogen-bond acceptors (Lipinski definition) is 4. The largest absolute Gasteiger partial charge is 0.382 e. The maximum absolute atomic E-state index is 13.4. The SMILES string of the molecule is CN1NC(c2ccc(F)cc2)C(c2ccncc2)=C1C(O)c1ccccc1. The molecule has 2 N–H and O–H groups in total. The number of nitrogens with zero attached hydrogens (tertiary/aromatic N) is 2. The van der Waals surface area contributed by atoms with Crippen LogP contribution < -0.4 is 5.43 Å². The fourth-order valence-corrected chi connectivity index (χ4v) is 3.52. The Hall–Kier alpha value is -3.02. The molecule has 2 atom stereocenters. The highest BCUT2D eigenvalue weighted by Gasteiger charge is 2.35. The summed E-state index contributed by atoms with van der Waals surface area (Å²) in [6.45, 7) is 0. The number of likely N-dealkylation sites (N-methyl/N-ethyl adjacent to an activating group) is 1. The van der Waals surface area contributed by atoms with Crippen molar-refractivity contribution in [1.82, 2.24) is 15.4 Å². The first-order valence-corrected chi connectivity index (χ1v) is 8.78. The van der Waals surface area contributed by atoms with Crippen LogP contribution in [-0.2, 0) is 0 Å². The van der Waals surface area contributed by atoms with Gasteiger partial charge in [0.05, 0.1) is 11.7 Å². The van der Waals surface area contributed by atoms with Crippen LogP contribution in [-0.4, -0.2) is 22.1 Å². The zero-order valence-corrected chi connectivity index (χ0v) is 14.9. The Labute approximate surface area is 157 Å². The number of pyridine rings is 1. The second-order valence-corrected chi connectivity index (χ2v) is 6.52. The molecule has 0 fully saturated rings. The van der Waals surface area contributed by atoms with Gasteiger partial charge in [-0.15, -0.1) is 0 Å². The molecule has 0 radical (unpaired) electrons. The van der Waals surface area contributed by atoms with Gasteiger partial charge in [-0.3, -0.25) is 4.98 Å². The number of halogens is 1. The number of aromatic nitrogens is 1. The third-order valence-corrected chi connectivity index (χ3v) is 4.82. The summed E-state index contributed by atoms with van der Waals surface area (Å²) in [5, 5.41) is 13.0. The van der Waals surface area contributed by atoms with Crippen LogP contribution >= 0.6 is 0 Å². The molecule has 0 saturated heterocycles. The molecular weight excluding hydrogens is 341 g/mol. The lowest BCUT2D eigenvalue weighted by Gasteiger charge is -2.22. The van der Waals surface area contributed by atoms with Gasteiger partial charge in [0, 0.05) is 25.0 Å². The van der Waals surface area contributed by atoms with Gasteiger partial charge < -0.3 is 10.1 Å². The third kappa shape index (κ3) is 3.35. The van der Waals surface area contributed by atoms with E-state index in [1.54, 1.807) is 24.5 Å². The molecule has 0 bridgehead atoms. The molecule has 1 aromatic heterocycles. The van der Waals surface area contributed by atoms with E-state index >= 15 is 0 Å². The van der Waals surface area contributed by atoms with Gasteiger partial charge in [-0.1, -0.05) is 42.5 Å². The van der Waals surface area contributed by atoms with Crippen molar-refractivity contribution in [3.05, 3.63) is 107 Å². The first-order valence-electron chi connectivity index (χ1n) is 8.78. The molecule has 0 amide bonds. The predicted molar refractivity (Wildman–Crippen MR) is 103 cm³/mol. The molecular formula is C22H20FN3O. The molecule has 2 unspecified atom stereocenters. The van der Waals surface area contributed by atoms with Crippen LogP contribution in [0.5, 0.6) is 0 Å². The summed E-state index contributed by atoms with van der Waals surface area (Å²) in [5.74, 6) is -0.274. The maximum atomic E-state index is 13.4. The minimum atomic E-state index is -0.794. The van der Waals surface area contributed by atoms with E-state index in [2.05, 4.69) is 10.4 Å². The van der Waals surface area contributed by atoms with Crippen LogP contribution in [0.3, 0.4) is 0 Å². The number of nitrogens with one attached hydrogen (secondary N) is 1. The molecule has 2 heterocycles. The summed E-state index contributed by atoms with van der Waals surface area (Å²) >= 11 is 0. The lowest BCUT2D eigenvalue weighted by Crippen LogP contribution is -2.31. The molecule has 1 aliphatic rings. The summed E-state index contributed by atoms with van der Waals surface area (Å²) < 4.78 is 13.4. The van der Waals surface area contributed by atoms with E-state index in [1.807, 2.05) is 54.5 Å². The normalized spacial score (nSPS) is 18.0. The van der Waals surface area contributed by atoms with Crippen LogP contribution in [0.25, 0.3) is 5.57 Å². The summed E-state index contributed by atoms with van der Waals surface area (Å²) in [5.41, 5.74) is 7.80. The first kappa shape index (κ1) is 17.4. The lowest BCUT2D eigenvalue weighted by atomic mass is 9.91. The zero-order chi connectivity index (χ0) is 18.8. The topological polar surface area (TPSA) is 48.4 Å². The van der Waals surface area contributed by atoms with E-state index in [0.717, 1.165) is 28.0 Å². The number of aliphatic hydroxyl groups is 1. The lowest BCUT2D eigenvalue weighted by molar-refractivity contribution is 0.162. The van der Waals surface area contributed by atoms with Gasteiger partial charge in [0.25, 0.3) is 0 Å². The summed E-state index contributed by atoms with van der Waals surface area (Å²) in [4.78, 5) is 4.10. The van der Waals surface area contributed by atoms with Crippen molar-refractivity contribution in [3.63, 3.8) is 0 Å². The van der Waals surface area contributed by atoms with Crippen LogP contribution in [0.4, 0.5) is 4.39 Å². The number of hydrazine groups is 1. The molecule has 2 aromatic carbocycles. The van der Waals surface area contributed by atoms with E-state index in [9.17, 15) is 9.50 Å². The molecule has 0 aliphatic carbocycles. The van der Waals surface area contributed by atoms with E-state index < -0.39 is 6.10 Å². The van der Waals surface area contributed by atoms with Crippen molar-refractivity contribution in [2.24, 2.45) is 0 Å². The fourth-order valence-electron chi connectivity index (χ4n) is 3.52. The molecule has 4 rings (SSSR count). The second kappa shape index (κ2) is 7.31. The standard InChI is InChI=1S/C22H20FN3O/c1-26-21(22(27)17-5-3-2-4-6-17)19(15-11-13-24-14-12-15)20(25-26)16-7-9-18(23)10-8-16/h2-14,20,22,25,27H,1H3. The van der Waals surface area contributed by atoms with Gasteiger partial charge in [0.1, 0.15) is 11.9 Å². The number of benzene rings is 2. The Kier molecular flexibility index (Phi) is 4.71. The predicted octanol–water partition coefficient (Wildman–Crippen LogP) is 3.86. The molecule has 1 aliphatic heterocycles. The molecule has 27 heavy (non-hydrogen) atoms. The van der Waals surface area contributed by atoms with Crippen LogP contribution in [0, 0.1) is 5.82 Å². The average molecular weight is 361 g/mol. The van der Waals surface area contributed by atoms with Crippen molar-refractivity contribution in [2.45, 2.75) is 12.1 Å². The van der Waals surface area contributed by atoms with Crippen molar-refractivity contribution in [2.75, 3.05) is 7.05 Å². The molecule has 5 heteroatoms. The van der Waals surface area contributed by atoms with E-state index in [-0.39, 0.29) is 11.9 Å². The highest BCUT2D eigenvalue weighted by molar-refractivity contribution is 5.76. The summed E-state index contributed by atoms with van der Waals surface area (Å²) in [6.07, 6.45) is 2.67. The van der Waals surface area contributed by atoms with Gasteiger partial charge in [-0.2, -0.15) is 0 Å². The van der Waals surface area contributed by atoms with Gasteiger partial charge in [-0.25, -0.2) is 9.82 Å². The highest BCUT2D eigenvalue weighted by Crippen LogP contribution is 2.42. The van der Waals surface area contributed by atoms with Crippen molar-refractivity contribution < 1.29 is 9.50 Å². The van der Waals surface area contributed by atoms with Crippen molar-refractivity contribution in [1.29, 1.82) is 0 Å². The average Bonchev–Trinajstić information content (AvgIpc) is 3.06. The number of aliphatic hydroxyl groups excluding tert-OH is 1. The maximum Gasteiger partial charge on any atom is 0.123 e. The summed E-state index contributed by atoms with van der Waals surface area (Å²) in [6, 6.07) is 19.6. The molecule has 0 spiro atoms.